The molecule has 2 rings (SSSR count). The Kier molecular flexibility index (Phi) is 5.14. The quantitative estimate of drug-likeness (QED) is 0.825. The highest BCUT2D eigenvalue weighted by molar-refractivity contribution is 6.39. The molecule has 0 saturated heterocycles. The number of rotatable bonds is 5. The second-order valence-corrected chi connectivity index (χ2v) is 4.80. The monoisotopic (exact) mass is 322 g/mol. The normalized spacial score (nSPS) is 10.0. The van der Waals surface area contributed by atoms with E-state index in [1.54, 1.807) is 24.3 Å². The Labute approximate surface area is 132 Å². The van der Waals surface area contributed by atoms with E-state index >= 15 is 0 Å². The van der Waals surface area contributed by atoms with Crippen LogP contribution in [0.1, 0.15) is 10.5 Å². The van der Waals surface area contributed by atoms with Gasteiger partial charge >= 0.3 is 0 Å². The Morgan fingerprint density at radius 3 is 2.67 bits per heavy atom. The molecule has 0 atom stereocenters. The first-order valence-corrected chi connectivity index (χ1v) is 6.80. The SMILES string of the molecule is C=CCNc1nccc(C(=O)Nc2c(Cl)cccc2Cl)n1. The molecule has 5 nitrogen and oxygen atoms in total. The lowest BCUT2D eigenvalue weighted by atomic mass is 10.3. The number of benzene rings is 1. The predicted molar refractivity (Wildman–Crippen MR) is 85.1 cm³/mol. The number of nitrogens with zero attached hydrogens (tertiary/aromatic N) is 2. The highest BCUT2D eigenvalue weighted by Crippen LogP contribution is 2.30. The molecule has 1 aromatic heterocycles. The molecule has 0 aliphatic heterocycles. The summed E-state index contributed by atoms with van der Waals surface area (Å²) in [6, 6.07) is 6.47. The molecule has 0 bridgehead atoms. The molecule has 0 saturated carbocycles. The fourth-order valence-electron chi connectivity index (χ4n) is 1.53. The van der Waals surface area contributed by atoms with Crippen LogP contribution in [0.25, 0.3) is 0 Å². The van der Waals surface area contributed by atoms with Gasteiger partial charge in [0.1, 0.15) is 5.69 Å². The average molecular weight is 323 g/mol. The van der Waals surface area contributed by atoms with Crippen LogP contribution in [-0.4, -0.2) is 22.4 Å². The fourth-order valence-corrected chi connectivity index (χ4v) is 2.02. The number of para-hydroxylation sites is 1. The highest BCUT2D eigenvalue weighted by Gasteiger charge is 2.13. The Morgan fingerprint density at radius 1 is 1.29 bits per heavy atom. The minimum Gasteiger partial charge on any atom is -0.351 e. The summed E-state index contributed by atoms with van der Waals surface area (Å²) >= 11 is 12.0. The predicted octanol–water partition coefficient (Wildman–Crippen LogP) is 3.63. The van der Waals surface area contributed by atoms with Gasteiger partial charge in [-0.15, -0.1) is 6.58 Å². The molecule has 1 amide bonds. The van der Waals surface area contributed by atoms with Crippen molar-refractivity contribution in [2.24, 2.45) is 0 Å². The molecule has 0 spiro atoms. The first-order chi connectivity index (χ1) is 10.1. The number of halogens is 2. The van der Waals surface area contributed by atoms with E-state index in [1.807, 2.05) is 0 Å². The Balaban J connectivity index is 2.18. The van der Waals surface area contributed by atoms with Crippen molar-refractivity contribution in [2.45, 2.75) is 0 Å². The summed E-state index contributed by atoms with van der Waals surface area (Å²) in [6.45, 7) is 4.08. The van der Waals surface area contributed by atoms with Crippen molar-refractivity contribution in [2.75, 3.05) is 17.2 Å². The van der Waals surface area contributed by atoms with Gasteiger partial charge in [0.15, 0.2) is 0 Å². The smallest absolute Gasteiger partial charge is 0.274 e. The third-order valence-electron chi connectivity index (χ3n) is 2.49. The molecule has 0 unspecified atom stereocenters. The van der Waals surface area contributed by atoms with Crippen molar-refractivity contribution >= 4 is 40.7 Å². The van der Waals surface area contributed by atoms with E-state index in [-0.39, 0.29) is 5.69 Å². The number of amides is 1. The summed E-state index contributed by atoms with van der Waals surface area (Å²) in [5, 5.41) is 6.25. The van der Waals surface area contributed by atoms with Crippen molar-refractivity contribution in [3.63, 3.8) is 0 Å². The molecule has 21 heavy (non-hydrogen) atoms. The van der Waals surface area contributed by atoms with Gasteiger partial charge in [-0.25, -0.2) is 9.97 Å². The van der Waals surface area contributed by atoms with E-state index < -0.39 is 5.91 Å². The van der Waals surface area contributed by atoms with Crippen LogP contribution in [0.15, 0.2) is 43.1 Å². The summed E-state index contributed by atoms with van der Waals surface area (Å²) in [5.41, 5.74) is 0.553. The van der Waals surface area contributed by atoms with Gasteiger partial charge in [-0.3, -0.25) is 4.79 Å². The van der Waals surface area contributed by atoms with Gasteiger partial charge in [-0.2, -0.15) is 0 Å². The molecule has 2 N–H and O–H groups in total. The van der Waals surface area contributed by atoms with Crippen molar-refractivity contribution in [3.8, 4) is 0 Å². The molecule has 1 heterocycles. The van der Waals surface area contributed by atoms with Crippen molar-refractivity contribution in [1.82, 2.24) is 9.97 Å². The molecule has 0 radical (unpaired) electrons. The van der Waals surface area contributed by atoms with Crippen molar-refractivity contribution in [1.29, 1.82) is 0 Å². The van der Waals surface area contributed by atoms with Crippen LogP contribution in [-0.2, 0) is 0 Å². The van der Waals surface area contributed by atoms with E-state index in [1.165, 1.54) is 12.3 Å². The van der Waals surface area contributed by atoms with Gasteiger partial charge in [0, 0.05) is 12.7 Å². The van der Waals surface area contributed by atoms with E-state index in [9.17, 15) is 4.79 Å². The largest absolute Gasteiger partial charge is 0.351 e. The molecule has 7 heteroatoms. The third-order valence-corrected chi connectivity index (χ3v) is 3.12. The highest BCUT2D eigenvalue weighted by atomic mass is 35.5. The molecule has 108 valence electrons. The van der Waals surface area contributed by atoms with Gasteiger partial charge < -0.3 is 10.6 Å². The van der Waals surface area contributed by atoms with Crippen LogP contribution in [0.2, 0.25) is 10.0 Å². The number of nitrogens with one attached hydrogen (secondary N) is 2. The summed E-state index contributed by atoms with van der Waals surface area (Å²) < 4.78 is 0. The van der Waals surface area contributed by atoms with Gasteiger partial charge in [-0.1, -0.05) is 35.3 Å². The topological polar surface area (TPSA) is 66.9 Å². The molecule has 0 aliphatic rings. The van der Waals surface area contributed by atoms with Crippen LogP contribution in [0.5, 0.6) is 0 Å². The third kappa shape index (κ3) is 3.93. The van der Waals surface area contributed by atoms with Crippen LogP contribution >= 0.6 is 23.2 Å². The zero-order chi connectivity index (χ0) is 15.2. The maximum absolute atomic E-state index is 12.2. The first kappa shape index (κ1) is 15.3. The zero-order valence-corrected chi connectivity index (χ0v) is 12.4. The maximum Gasteiger partial charge on any atom is 0.274 e. The number of hydrogen-bond acceptors (Lipinski definition) is 4. The van der Waals surface area contributed by atoms with Crippen molar-refractivity contribution < 1.29 is 4.79 Å². The van der Waals surface area contributed by atoms with E-state index in [4.69, 9.17) is 23.2 Å². The van der Waals surface area contributed by atoms with E-state index in [0.717, 1.165) is 0 Å². The van der Waals surface area contributed by atoms with Gasteiger partial charge in [0.05, 0.1) is 15.7 Å². The molecular weight excluding hydrogens is 311 g/mol. The molecule has 0 fully saturated rings. The fraction of sp³-hybridized carbons (Fsp3) is 0.0714. The summed E-state index contributed by atoms with van der Waals surface area (Å²) in [6.07, 6.45) is 3.15. The maximum atomic E-state index is 12.2. The minimum atomic E-state index is -0.422. The number of hydrogen-bond donors (Lipinski definition) is 2. The summed E-state index contributed by atoms with van der Waals surface area (Å²) in [5.74, 6) is -0.0816. The lowest BCUT2D eigenvalue weighted by Gasteiger charge is -2.09. The molecule has 1 aromatic carbocycles. The molecular formula is C14H12Cl2N4O. The lowest BCUT2D eigenvalue weighted by molar-refractivity contribution is 0.102. The van der Waals surface area contributed by atoms with Crippen LogP contribution < -0.4 is 10.6 Å². The second kappa shape index (κ2) is 7.06. The summed E-state index contributed by atoms with van der Waals surface area (Å²) in [7, 11) is 0. The van der Waals surface area contributed by atoms with Crippen LogP contribution in [0, 0.1) is 0 Å². The van der Waals surface area contributed by atoms with Gasteiger partial charge in [0.25, 0.3) is 5.91 Å². The minimum absolute atomic E-state index is 0.201. The average Bonchev–Trinajstić information content (AvgIpc) is 2.49. The van der Waals surface area contributed by atoms with Crippen LogP contribution in [0.4, 0.5) is 11.6 Å². The molecule has 2 aromatic rings. The van der Waals surface area contributed by atoms with Gasteiger partial charge in [-0.05, 0) is 18.2 Å². The van der Waals surface area contributed by atoms with Crippen molar-refractivity contribution in [3.05, 3.63) is 58.9 Å². The Hall–Kier alpha value is -2.11. The van der Waals surface area contributed by atoms with E-state index in [0.29, 0.717) is 28.2 Å². The second-order valence-electron chi connectivity index (χ2n) is 3.99. The molecule has 0 aliphatic carbocycles. The Bertz CT molecular complexity index is 656. The number of aromatic nitrogens is 2. The lowest BCUT2D eigenvalue weighted by Crippen LogP contribution is -2.16. The van der Waals surface area contributed by atoms with E-state index in [2.05, 4.69) is 27.2 Å². The van der Waals surface area contributed by atoms with Crippen LogP contribution in [0.3, 0.4) is 0 Å². The number of carbonyl (C=O) groups excluding carboxylic acids is 1. The first-order valence-electron chi connectivity index (χ1n) is 6.05. The Morgan fingerprint density at radius 2 is 2.00 bits per heavy atom. The summed E-state index contributed by atoms with van der Waals surface area (Å²) in [4.78, 5) is 20.3. The standard InChI is InChI=1S/C14H12Cl2N4O/c1-2-7-17-14-18-8-6-11(19-14)13(21)20-12-9(15)4-3-5-10(12)16/h2-6,8H,1,7H2,(H,20,21)(H,17,18,19). The van der Waals surface area contributed by atoms with Gasteiger partial charge in [0.2, 0.25) is 5.95 Å². The zero-order valence-electron chi connectivity index (χ0n) is 10.9. The number of anilines is 2. The number of carbonyl (C=O) groups is 1.